The molecule has 0 spiro atoms. The van der Waals surface area contributed by atoms with Crippen molar-refractivity contribution in [3.8, 4) is 11.5 Å². The molecule has 3 nitrogen and oxygen atoms in total. The topological polar surface area (TPSA) is 38.7 Å². The third-order valence-corrected chi connectivity index (χ3v) is 3.78. The molecule has 2 aromatic carbocycles. The molecule has 0 heterocycles. The van der Waals surface area contributed by atoms with Gasteiger partial charge in [-0.3, -0.25) is 0 Å². The highest BCUT2D eigenvalue weighted by molar-refractivity contribution is 9.10. The SMILES string of the molecule is CCC(O)c1ccc(OCc2cc(Br)ccc2OC)cc1. The molecular weight excluding hydrogens is 332 g/mol. The van der Waals surface area contributed by atoms with Crippen molar-refractivity contribution in [3.63, 3.8) is 0 Å². The lowest BCUT2D eigenvalue weighted by Gasteiger charge is -2.12. The molecule has 0 saturated heterocycles. The van der Waals surface area contributed by atoms with E-state index >= 15 is 0 Å². The zero-order chi connectivity index (χ0) is 15.2. The third-order valence-electron chi connectivity index (χ3n) is 3.29. The van der Waals surface area contributed by atoms with E-state index in [4.69, 9.17) is 9.47 Å². The van der Waals surface area contributed by atoms with E-state index in [9.17, 15) is 5.11 Å². The molecular formula is C17H19BrO3. The predicted molar refractivity (Wildman–Crippen MR) is 86.7 cm³/mol. The van der Waals surface area contributed by atoms with Crippen LogP contribution in [0.4, 0.5) is 0 Å². The first-order valence-corrected chi connectivity index (χ1v) is 7.66. The second-order valence-electron chi connectivity index (χ2n) is 4.74. The summed E-state index contributed by atoms with van der Waals surface area (Å²) in [6, 6.07) is 13.3. The maximum Gasteiger partial charge on any atom is 0.125 e. The number of benzene rings is 2. The number of hydrogen-bond donors (Lipinski definition) is 1. The molecule has 2 aromatic rings. The van der Waals surface area contributed by atoms with E-state index in [-0.39, 0.29) is 0 Å². The average Bonchev–Trinajstić information content (AvgIpc) is 2.52. The van der Waals surface area contributed by atoms with Crippen LogP contribution in [0, 0.1) is 0 Å². The molecule has 1 unspecified atom stereocenters. The van der Waals surface area contributed by atoms with Crippen molar-refractivity contribution in [1.82, 2.24) is 0 Å². The lowest BCUT2D eigenvalue weighted by molar-refractivity contribution is 0.173. The normalized spacial score (nSPS) is 12.0. The summed E-state index contributed by atoms with van der Waals surface area (Å²) in [7, 11) is 1.65. The maximum atomic E-state index is 9.76. The minimum atomic E-state index is -0.413. The molecule has 0 aromatic heterocycles. The van der Waals surface area contributed by atoms with Gasteiger partial charge in [0.25, 0.3) is 0 Å². The van der Waals surface area contributed by atoms with E-state index in [2.05, 4.69) is 15.9 Å². The highest BCUT2D eigenvalue weighted by Crippen LogP contribution is 2.25. The zero-order valence-corrected chi connectivity index (χ0v) is 13.8. The fourth-order valence-corrected chi connectivity index (χ4v) is 2.45. The van der Waals surface area contributed by atoms with Gasteiger partial charge in [-0.2, -0.15) is 0 Å². The van der Waals surface area contributed by atoms with Gasteiger partial charge in [0.15, 0.2) is 0 Å². The van der Waals surface area contributed by atoms with Gasteiger partial charge in [0, 0.05) is 10.0 Å². The van der Waals surface area contributed by atoms with E-state index in [1.54, 1.807) is 7.11 Å². The van der Waals surface area contributed by atoms with Gasteiger partial charge in [-0.25, -0.2) is 0 Å². The van der Waals surface area contributed by atoms with E-state index < -0.39 is 6.10 Å². The Morgan fingerprint density at radius 1 is 1.14 bits per heavy atom. The number of hydrogen-bond acceptors (Lipinski definition) is 3. The van der Waals surface area contributed by atoms with Crippen LogP contribution >= 0.6 is 15.9 Å². The number of rotatable bonds is 6. The van der Waals surface area contributed by atoms with E-state index in [0.717, 1.165) is 27.1 Å². The van der Waals surface area contributed by atoms with Crippen molar-refractivity contribution in [3.05, 3.63) is 58.1 Å². The van der Waals surface area contributed by atoms with Crippen LogP contribution in [0.2, 0.25) is 0 Å². The zero-order valence-electron chi connectivity index (χ0n) is 12.2. The summed E-state index contributed by atoms with van der Waals surface area (Å²) in [5.41, 5.74) is 1.88. The molecule has 0 fully saturated rings. The summed E-state index contributed by atoms with van der Waals surface area (Å²) in [4.78, 5) is 0. The number of methoxy groups -OCH3 is 1. The first kappa shape index (κ1) is 15.9. The minimum absolute atomic E-state index is 0.413. The van der Waals surface area contributed by atoms with Crippen LogP contribution in [0.5, 0.6) is 11.5 Å². The Bertz CT molecular complexity index is 581. The largest absolute Gasteiger partial charge is 0.496 e. The molecule has 1 N–H and O–H groups in total. The summed E-state index contributed by atoms with van der Waals surface area (Å²) in [6.45, 7) is 2.38. The molecule has 2 rings (SSSR count). The Morgan fingerprint density at radius 2 is 1.86 bits per heavy atom. The van der Waals surface area contributed by atoms with Crippen LogP contribution in [0.3, 0.4) is 0 Å². The van der Waals surface area contributed by atoms with Crippen LogP contribution in [0.1, 0.15) is 30.6 Å². The molecule has 0 saturated carbocycles. The van der Waals surface area contributed by atoms with Gasteiger partial charge < -0.3 is 14.6 Å². The molecule has 0 aliphatic rings. The maximum absolute atomic E-state index is 9.76. The van der Waals surface area contributed by atoms with Gasteiger partial charge in [-0.1, -0.05) is 35.0 Å². The molecule has 0 aliphatic heterocycles. The number of halogens is 1. The first-order chi connectivity index (χ1) is 10.1. The second-order valence-corrected chi connectivity index (χ2v) is 5.65. The number of aliphatic hydroxyl groups is 1. The summed E-state index contributed by atoms with van der Waals surface area (Å²) in [6.07, 6.45) is 0.291. The summed E-state index contributed by atoms with van der Waals surface area (Å²) < 4.78 is 12.1. The van der Waals surface area contributed by atoms with Crippen molar-refractivity contribution < 1.29 is 14.6 Å². The molecule has 0 aliphatic carbocycles. The highest BCUT2D eigenvalue weighted by atomic mass is 79.9. The molecule has 4 heteroatoms. The molecule has 1 atom stereocenters. The molecule has 112 valence electrons. The summed E-state index contributed by atoms with van der Waals surface area (Å²) >= 11 is 3.45. The van der Waals surface area contributed by atoms with E-state index in [1.165, 1.54) is 0 Å². The first-order valence-electron chi connectivity index (χ1n) is 6.87. The Hall–Kier alpha value is -1.52. The van der Waals surface area contributed by atoms with Crippen molar-refractivity contribution in [1.29, 1.82) is 0 Å². The predicted octanol–water partition coefficient (Wildman–Crippen LogP) is 4.48. The summed E-state index contributed by atoms with van der Waals surface area (Å²) in [5.74, 6) is 1.57. The molecule has 0 amide bonds. The van der Waals surface area contributed by atoms with Gasteiger partial charge in [0.2, 0.25) is 0 Å². The van der Waals surface area contributed by atoms with Gasteiger partial charge in [0.1, 0.15) is 18.1 Å². The quantitative estimate of drug-likeness (QED) is 0.834. The number of ether oxygens (including phenoxy) is 2. The van der Waals surface area contributed by atoms with Crippen LogP contribution in [-0.2, 0) is 6.61 Å². The molecule has 0 bridgehead atoms. The lowest BCUT2D eigenvalue weighted by Crippen LogP contribution is -1.99. The smallest absolute Gasteiger partial charge is 0.125 e. The Labute approximate surface area is 133 Å². The molecule has 0 radical (unpaired) electrons. The Morgan fingerprint density at radius 3 is 2.48 bits per heavy atom. The number of aliphatic hydroxyl groups excluding tert-OH is 1. The van der Waals surface area contributed by atoms with Crippen LogP contribution < -0.4 is 9.47 Å². The Balaban J connectivity index is 2.04. The van der Waals surface area contributed by atoms with Gasteiger partial charge >= 0.3 is 0 Å². The van der Waals surface area contributed by atoms with E-state index in [0.29, 0.717) is 13.0 Å². The monoisotopic (exact) mass is 350 g/mol. The van der Waals surface area contributed by atoms with Crippen molar-refractivity contribution in [2.75, 3.05) is 7.11 Å². The van der Waals surface area contributed by atoms with Crippen LogP contribution in [0.15, 0.2) is 46.9 Å². The van der Waals surface area contributed by atoms with Crippen molar-refractivity contribution in [2.24, 2.45) is 0 Å². The minimum Gasteiger partial charge on any atom is -0.496 e. The van der Waals surface area contributed by atoms with Gasteiger partial charge in [0.05, 0.1) is 13.2 Å². The highest BCUT2D eigenvalue weighted by Gasteiger charge is 2.07. The average molecular weight is 351 g/mol. The van der Waals surface area contributed by atoms with Crippen molar-refractivity contribution in [2.45, 2.75) is 26.1 Å². The van der Waals surface area contributed by atoms with Crippen molar-refractivity contribution >= 4 is 15.9 Å². The fraction of sp³-hybridized carbons (Fsp3) is 0.294. The Kier molecular flexibility index (Phi) is 5.65. The van der Waals surface area contributed by atoms with Gasteiger partial charge in [-0.05, 0) is 42.3 Å². The second kappa shape index (κ2) is 7.48. The van der Waals surface area contributed by atoms with Crippen LogP contribution in [-0.4, -0.2) is 12.2 Å². The fourth-order valence-electron chi connectivity index (χ4n) is 2.04. The third kappa shape index (κ3) is 4.22. The van der Waals surface area contributed by atoms with E-state index in [1.807, 2.05) is 49.4 Å². The summed E-state index contributed by atoms with van der Waals surface area (Å²) in [5, 5.41) is 9.76. The van der Waals surface area contributed by atoms with Crippen LogP contribution in [0.25, 0.3) is 0 Å². The standard InChI is InChI=1S/C17H19BrO3/c1-3-16(19)12-4-7-15(8-5-12)21-11-13-10-14(18)6-9-17(13)20-2/h4-10,16,19H,3,11H2,1-2H3. The molecule has 21 heavy (non-hydrogen) atoms. The van der Waals surface area contributed by atoms with Gasteiger partial charge in [-0.15, -0.1) is 0 Å². The lowest BCUT2D eigenvalue weighted by atomic mass is 10.1.